The molecule has 1 N–H and O–H groups in total. The molecule has 3 aliphatic heterocycles. The number of nitrogens with one attached hydrogen (secondary N) is 1. The minimum Gasteiger partial charge on any atom is -0.360 e. The van der Waals surface area contributed by atoms with E-state index in [0.717, 1.165) is 11.5 Å². The Hall–Kier alpha value is -2.15. The number of hydrogen-bond acceptors (Lipinski definition) is 4. The summed E-state index contributed by atoms with van der Waals surface area (Å²) in [7, 11) is 1.76. The average molecular weight is 372 g/mol. The molecule has 0 unspecified atom stereocenters. The quantitative estimate of drug-likeness (QED) is 0.813. The fraction of sp³-hybridized carbons (Fsp3) is 0.650. The number of rotatable bonds is 4. The molecule has 1 aromatic heterocycles. The molecule has 146 valence electrons. The number of likely N-dealkylation sites (tertiary alicyclic amines) is 1. The van der Waals surface area contributed by atoms with E-state index in [4.69, 9.17) is 4.74 Å². The summed E-state index contributed by atoms with van der Waals surface area (Å²) >= 11 is 0. The Morgan fingerprint density at radius 3 is 2.85 bits per heavy atom. The molecule has 2 bridgehead atoms. The highest BCUT2D eigenvalue weighted by Crippen LogP contribution is 2.52. The summed E-state index contributed by atoms with van der Waals surface area (Å²) in [6, 6.07) is 0. The van der Waals surface area contributed by atoms with Gasteiger partial charge in [0.15, 0.2) is 0 Å². The zero-order valence-corrected chi connectivity index (χ0v) is 16.7. The monoisotopic (exact) mass is 372 g/mol. The van der Waals surface area contributed by atoms with Crippen molar-refractivity contribution >= 4 is 11.8 Å². The third-order valence-electron chi connectivity index (χ3n) is 5.65. The standard InChI is InChI=1S/C20H28N4O3/c1-12-8-21-14(22-12)9-23(5)17(25)15-13-6-7-20(27-13)11-24(10-19(2,3)4)18(26)16(15)20/h6-8,13,15-16H,9-11H2,1-5H3,(H,21,22)/t13-,15+,16+,20-/m0/s1. The maximum absolute atomic E-state index is 13.2. The maximum Gasteiger partial charge on any atom is 0.230 e. The van der Waals surface area contributed by atoms with Crippen LogP contribution >= 0.6 is 0 Å². The molecule has 4 heterocycles. The summed E-state index contributed by atoms with van der Waals surface area (Å²) in [5.41, 5.74) is 0.315. The van der Waals surface area contributed by atoms with Gasteiger partial charge in [-0.15, -0.1) is 0 Å². The first kappa shape index (κ1) is 18.2. The normalized spacial score (nSPS) is 31.7. The van der Waals surface area contributed by atoms with Crippen molar-refractivity contribution in [2.24, 2.45) is 17.3 Å². The topological polar surface area (TPSA) is 78.5 Å². The van der Waals surface area contributed by atoms with Gasteiger partial charge in [0, 0.05) is 25.5 Å². The minimum atomic E-state index is -0.643. The molecule has 7 nitrogen and oxygen atoms in total. The van der Waals surface area contributed by atoms with Gasteiger partial charge < -0.3 is 19.5 Å². The first-order valence-corrected chi connectivity index (χ1v) is 9.51. The second-order valence-corrected chi connectivity index (χ2v) is 9.36. The van der Waals surface area contributed by atoms with Crippen LogP contribution < -0.4 is 0 Å². The predicted octanol–water partition coefficient (Wildman–Crippen LogP) is 1.50. The Bertz CT molecular complexity index is 808. The zero-order valence-electron chi connectivity index (χ0n) is 16.7. The second-order valence-electron chi connectivity index (χ2n) is 9.36. The van der Waals surface area contributed by atoms with E-state index >= 15 is 0 Å². The van der Waals surface area contributed by atoms with Gasteiger partial charge in [0.05, 0.1) is 31.0 Å². The van der Waals surface area contributed by atoms with Gasteiger partial charge >= 0.3 is 0 Å². The maximum atomic E-state index is 13.2. The van der Waals surface area contributed by atoms with Gasteiger partial charge in [0.1, 0.15) is 11.4 Å². The molecular weight excluding hydrogens is 344 g/mol. The number of fused-ring (bicyclic) bond motifs is 1. The molecule has 4 rings (SSSR count). The molecule has 1 spiro atoms. The van der Waals surface area contributed by atoms with Crippen LogP contribution in [0.5, 0.6) is 0 Å². The second kappa shape index (κ2) is 5.92. The lowest BCUT2D eigenvalue weighted by Gasteiger charge is -2.29. The molecule has 2 fully saturated rings. The first-order valence-electron chi connectivity index (χ1n) is 9.51. The van der Waals surface area contributed by atoms with Crippen LogP contribution in [-0.4, -0.2) is 63.4 Å². The summed E-state index contributed by atoms with van der Waals surface area (Å²) in [5.74, 6) is -0.171. The fourth-order valence-electron chi connectivity index (χ4n) is 4.67. The van der Waals surface area contributed by atoms with Crippen molar-refractivity contribution in [2.45, 2.75) is 45.9 Å². The summed E-state index contributed by atoms with van der Waals surface area (Å²) < 4.78 is 6.19. The van der Waals surface area contributed by atoms with Gasteiger partial charge in [0.2, 0.25) is 11.8 Å². The van der Waals surface area contributed by atoms with Crippen molar-refractivity contribution in [2.75, 3.05) is 20.1 Å². The van der Waals surface area contributed by atoms with Crippen LogP contribution in [0, 0.1) is 24.2 Å². The van der Waals surface area contributed by atoms with Crippen molar-refractivity contribution < 1.29 is 14.3 Å². The van der Waals surface area contributed by atoms with Gasteiger partial charge in [-0.05, 0) is 12.3 Å². The molecule has 7 heteroatoms. The number of H-pyrrole nitrogens is 1. The van der Waals surface area contributed by atoms with Gasteiger partial charge in [-0.1, -0.05) is 32.9 Å². The number of ether oxygens (including phenoxy) is 1. The number of aromatic amines is 1. The van der Waals surface area contributed by atoms with Crippen LogP contribution in [0.15, 0.2) is 18.3 Å². The predicted molar refractivity (Wildman–Crippen MR) is 99.6 cm³/mol. The van der Waals surface area contributed by atoms with E-state index in [2.05, 4.69) is 30.7 Å². The SMILES string of the molecule is Cc1cnc(CN(C)C(=O)[C@@H]2[C@@H]3C=C[C@@]4(CN(CC(C)(C)C)C(=O)[C@@H]24)O3)[nH]1. The van der Waals surface area contributed by atoms with Crippen molar-refractivity contribution in [3.63, 3.8) is 0 Å². The minimum absolute atomic E-state index is 0.000100. The van der Waals surface area contributed by atoms with Crippen LogP contribution in [-0.2, 0) is 20.9 Å². The molecule has 27 heavy (non-hydrogen) atoms. The van der Waals surface area contributed by atoms with Crippen molar-refractivity contribution in [3.8, 4) is 0 Å². The third-order valence-corrected chi connectivity index (χ3v) is 5.65. The van der Waals surface area contributed by atoms with Gasteiger partial charge in [0.25, 0.3) is 0 Å². The number of imidazole rings is 1. The molecule has 1 aromatic rings. The highest BCUT2D eigenvalue weighted by Gasteiger charge is 2.67. The van der Waals surface area contributed by atoms with E-state index in [-0.39, 0.29) is 23.3 Å². The summed E-state index contributed by atoms with van der Waals surface area (Å²) in [6.45, 7) is 9.85. The van der Waals surface area contributed by atoms with Crippen molar-refractivity contribution in [1.29, 1.82) is 0 Å². The molecule has 0 aromatic carbocycles. The molecule has 2 amide bonds. The number of hydrogen-bond donors (Lipinski definition) is 1. The largest absolute Gasteiger partial charge is 0.360 e. The molecule has 0 saturated carbocycles. The Labute approximate surface area is 159 Å². The van der Waals surface area contributed by atoms with E-state index < -0.39 is 17.4 Å². The van der Waals surface area contributed by atoms with E-state index in [1.807, 2.05) is 24.0 Å². The van der Waals surface area contributed by atoms with Crippen LogP contribution in [0.25, 0.3) is 0 Å². The highest BCUT2D eigenvalue weighted by atomic mass is 16.5. The molecule has 0 radical (unpaired) electrons. The third kappa shape index (κ3) is 2.98. The smallest absolute Gasteiger partial charge is 0.230 e. The number of nitrogens with zero attached hydrogens (tertiary/aromatic N) is 3. The summed E-state index contributed by atoms with van der Waals surface area (Å²) in [6.07, 6.45) is 5.39. The van der Waals surface area contributed by atoms with E-state index in [0.29, 0.717) is 19.6 Å². The fourth-order valence-corrected chi connectivity index (χ4v) is 4.67. The lowest BCUT2D eigenvalue weighted by molar-refractivity contribution is -0.143. The molecule has 4 atom stereocenters. The van der Waals surface area contributed by atoms with Crippen LogP contribution in [0.1, 0.15) is 32.3 Å². The number of carbonyl (C=O) groups excluding carboxylic acids is 2. The molecule has 3 aliphatic rings. The van der Waals surface area contributed by atoms with Gasteiger partial charge in [-0.3, -0.25) is 9.59 Å². The molecule has 0 aliphatic carbocycles. The number of amides is 2. The summed E-state index contributed by atoms with van der Waals surface area (Å²) in [5, 5.41) is 0. The average Bonchev–Trinajstić information content (AvgIpc) is 3.28. The number of aryl methyl sites for hydroxylation is 1. The lowest BCUT2D eigenvalue weighted by atomic mass is 9.76. The number of aromatic nitrogens is 2. The van der Waals surface area contributed by atoms with Crippen LogP contribution in [0.3, 0.4) is 0 Å². The van der Waals surface area contributed by atoms with Crippen LogP contribution in [0.4, 0.5) is 0 Å². The van der Waals surface area contributed by atoms with E-state index in [1.165, 1.54) is 0 Å². The van der Waals surface area contributed by atoms with Gasteiger partial charge in [-0.2, -0.15) is 0 Å². The Morgan fingerprint density at radius 1 is 1.48 bits per heavy atom. The van der Waals surface area contributed by atoms with E-state index in [1.54, 1.807) is 18.1 Å². The van der Waals surface area contributed by atoms with E-state index in [9.17, 15) is 9.59 Å². The first-order chi connectivity index (χ1) is 12.6. The summed E-state index contributed by atoms with van der Waals surface area (Å²) in [4.78, 5) is 37.3. The van der Waals surface area contributed by atoms with Crippen molar-refractivity contribution in [3.05, 3.63) is 29.9 Å². The molecule has 2 saturated heterocycles. The Balaban J connectivity index is 1.54. The highest BCUT2D eigenvalue weighted by molar-refractivity contribution is 5.93. The van der Waals surface area contributed by atoms with Crippen molar-refractivity contribution in [1.82, 2.24) is 19.8 Å². The zero-order chi connectivity index (χ0) is 19.6. The van der Waals surface area contributed by atoms with Crippen LogP contribution in [0.2, 0.25) is 0 Å². The van der Waals surface area contributed by atoms with Gasteiger partial charge in [-0.25, -0.2) is 4.98 Å². The molecular formula is C20H28N4O3. The number of carbonyl (C=O) groups is 2. The Morgan fingerprint density at radius 2 is 2.22 bits per heavy atom. The lowest BCUT2D eigenvalue weighted by Crippen LogP contribution is -2.45. The Kier molecular flexibility index (Phi) is 4.00.